The summed E-state index contributed by atoms with van der Waals surface area (Å²) in [6.45, 7) is 6.10. The zero-order chi connectivity index (χ0) is 22.4. The van der Waals surface area contributed by atoms with Crippen molar-refractivity contribution in [2.45, 2.75) is 36.3 Å². The molecule has 6 nitrogen and oxygen atoms in total. The molecule has 3 rings (SSSR count). The molecule has 0 saturated heterocycles. The summed E-state index contributed by atoms with van der Waals surface area (Å²) < 4.78 is 32.7. The lowest BCUT2D eigenvalue weighted by Crippen LogP contribution is -2.31. The predicted molar refractivity (Wildman–Crippen MR) is 124 cm³/mol. The minimum absolute atomic E-state index is 0.188. The average molecular weight is 459 g/mol. The Morgan fingerprint density at radius 3 is 2.45 bits per heavy atom. The topological polar surface area (TPSA) is 79.6 Å². The minimum atomic E-state index is -3.64. The number of hydrogen-bond donors (Lipinski definition) is 1. The van der Waals surface area contributed by atoms with Crippen molar-refractivity contribution in [1.82, 2.24) is 4.31 Å². The molecule has 0 aliphatic rings. The van der Waals surface area contributed by atoms with E-state index in [2.05, 4.69) is 5.32 Å². The Morgan fingerprint density at radius 2 is 1.77 bits per heavy atom. The lowest BCUT2D eigenvalue weighted by molar-refractivity contribution is 0.0995. The van der Waals surface area contributed by atoms with E-state index in [1.807, 2.05) is 30.3 Å². The molecule has 1 amide bonds. The fraction of sp³-hybridized carbons (Fsp3) is 0.261. The molecule has 2 aromatic carbocycles. The van der Waals surface area contributed by atoms with Crippen LogP contribution in [0.5, 0.6) is 0 Å². The summed E-state index contributed by atoms with van der Waals surface area (Å²) in [6, 6.07) is 16.6. The number of amides is 1. The lowest BCUT2D eigenvalue weighted by atomic mass is 10.2. The molecule has 31 heavy (non-hydrogen) atoms. The summed E-state index contributed by atoms with van der Waals surface area (Å²) in [5.74, 6) is 0.388. The second-order valence-electron chi connectivity index (χ2n) is 6.90. The second kappa shape index (κ2) is 10.2. The van der Waals surface area contributed by atoms with E-state index in [4.69, 9.17) is 4.42 Å². The van der Waals surface area contributed by atoms with Gasteiger partial charge in [-0.05, 0) is 42.8 Å². The lowest BCUT2D eigenvalue weighted by Gasteiger charge is -2.20. The first kappa shape index (κ1) is 23.1. The van der Waals surface area contributed by atoms with Crippen molar-refractivity contribution in [1.29, 1.82) is 0 Å². The Labute approximate surface area is 187 Å². The van der Waals surface area contributed by atoms with Gasteiger partial charge in [-0.15, -0.1) is 11.8 Å². The highest BCUT2D eigenvalue weighted by atomic mass is 32.2. The molecule has 1 heterocycles. The molecular weight excluding hydrogens is 432 g/mol. The summed E-state index contributed by atoms with van der Waals surface area (Å²) in [7, 11) is -3.64. The number of benzene rings is 2. The maximum atomic E-state index is 12.9. The number of carbonyl (C=O) groups excluding carboxylic acids is 1. The van der Waals surface area contributed by atoms with E-state index in [0.717, 1.165) is 10.5 Å². The van der Waals surface area contributed by atoms with Gasteiger partial charge in [0.2, 0.25) is 10.0 Å². The molecule has 0 atom stereocenters. The van der Waals surface area contributed by atoms with E-state index < -0.39 is 15.9 Å². The van der Waals surface area contributed by atoms with Crippen LogP contribution in [0.1, 0.15) is 35.5 Å². The van der Waals surface area contributed by atoms with Gasteiger partial charge >= 0.3 is 0 Å². The van der Waals surface area contributed by atoms with Gasteiger partial charge in [0.25, 0.3) is 5.91 Å². The van der Waals surface area contributed by atoms with E-state index in [1.54, 1.807) is 50.7 Å². The molecular formula is C23H26N2O4S2. The van der Waals surface area contributed by atoms with Crippen LogP contribution in [0, 0.1) is 6.92 Å². The number of furan rings is 1. The SMILES string of the molecule is CCN(CC)S(=O)(=O)c1cc(NC(=O)c2occc2CSc2ccccc2)ccc1C. The number of thioether (sulfide) groups is 1. The summed E-state index contributed by atoms with van der Waals surface area (Å²) in [4.78, 5) is 14.1. The molecule has 0 spiro atoms. The molecule has 0 radical (unpaired) electrons. The Morgan fingerprint density at radius 1 is 1.06 bits per heavy atom. The van der Waals surface area contributed by atoms with Crippen LogP contribution in [0.2, 0.25) is 0 Å². The second-order valence-corrected chi connectivity index (χ2v) is 9.86. The molecule has 0 aliphatic heterocycles. The molecule has 164 valence electrons. The molecule has 0 bridgehead atoms. The Hall–Kier alpha value is -2.55. The van der Waals surface area contributed by atoms with Gasteiger partial charge in [0.15, 0.2) is 5.76 Å². The highest BCUT2D eigenvalue weighted by molar-refractivity contribution is 7.98. The molecule has 1 N–H and O–H groups in total. The quantitative estimate of drug-likeness (QED) is 0.448. The number of rotatable bonds is 9. The predicted octanol–water partition coefficient (Wildman–Crippen LogP) is 5.16. The van der Waals surface area contributed by atoms with E-state index in [-0.39, 0.29) is 10.7 Å². The van der Waals surface area contributed by atoms with Crippen LogP contribution < -0.4 is 5.32 Å². The molecule has 8 heteroatoms. The van der Waals surface area contributed by atoms with Gasteiger partial charge in [-0.1, -0.05) is 38.1 Å². The number of aryl methyl sites for hydroxylation is 1. The standard InChI is InChI=1S/C23H26N2O4S2/c1-4-25(5-2)31(27,28)21-15-19(12-11-17(21)3)24-23(26)22-18(13-14-29-22)16-30-20-9-7-6-8-10-20/h6-15H,4-5,16H2,1-3H3,(H,24,26). The van der Waals surface area contributed by atoms with E-state index in [0.29, 0.717) is 30.1 Å². The fourth-order valence-electron chi connectivity index (χ4n) is 3.17. The fourth-order valence-corrected chi connectivity index (χ4v) is 5.78. The molecule has 0 unspecified atom stereocenters. The zero-order valence-corrected chi connectivity index (χ0v) is 19.4. The highest BCUT2D eigenvalue weighted by Gasteiger charge is 2.24. The zero-order valence-electron chi connectivity index (χ0n) is 17.8. The minimum Gasteiger partial charge on any atom is -0.459 e. The number of carbonyl (C=O) groups is 1. The smallest absolute Gasteiger partial charge is 0.291 e. The van der Waals surface area contributed by atoms with Crippen molar-refractivity contribution < 1.29 is 17.6 Å². The van der Waals surface area contributed by atoms with Gasteiger partial charge in [-0.2, -0.15) is 4.31 Å². The van der Waals surface area contributed by atoms with Gasteiger partial charge in [0.05, 0.1) is 11.2 Å². The molecule has 0 saturated carbocycles. The summed E-state index contributed by atoms with van der Waals surface area (Å²) in [5.41, 5.74) is 1.80. The third-order valence-electron chi connectivity index (χ3n) is 4.86. The maximum Gasteiger partial charge on any atom is 0.291 e. The van der Waals surface area contributed by atoms with Gasteiger partial charge in [-0.25, -0.2) is 8.42 Å². The number of sulfonamides is 1. The third kappa shape index (κ3) is 5.39. The Balaban J connectivity index is 1.78. The first-order valence-electron chi connectivity index (χ1n) is 10.0. The molecule has 0 aliphatic carbocycles. The van der Waals surface area contributed by atoms with Crippen molar-refractivity contribution in [3.05, 3.63) is 77.7 Å². The molecule has 0 fully saturated rings. The van der Waals surface area contributed by atoms with Crippen LogP contribution in [0.3, 0.4) is 0 Å². The van der Waals surface area contributed by atoms with Crippen molar-refractivity contribution in [3.8, 4) is 0 Å². The first-order chi connectivity index (χ1) is 14.9. The number of nitrogens with one attached hydrogen (secondary N) is 1. The van der Waals surface area contributed by atoms with E-state index in [1.165, 1.54) is 16.6 Å². The average Bonchev–Trinajstić information content (AvgIpc) is 3.24. The summed E-state index contributed by atoms with van der Waals surface area (Å²) >= 11 is 1.61. The van der Waals surface area contributed by atoms with E-state index >= 15 is 0 Å². The van der Waals surface area contributed by atoms with Crippen LogP contribution in [-0.4, -0.2) is 31.7 Å². The number of nitrogens with zero attached hydrogens (tertiary/aromatic N) is 1. The van der Waals surface area contributed by atoms with Crippen molar-refractivity contribution in [2.24, 2.45) is 0 Å². The van der Waals surface area contributed by atoms with Crippen molar-refractivity contribution in [3.63, 3.8) is 0 Å². The van der Waals surface area contributed by atoms with Gasteiger partial charge in [0.1, 0.15) is 0 Å². The monoisotopic (exact) mass is 458 g/mol. The van der Waals surface area contributed by atoms with E-state index in [9.17, 15) is 13.2 Å². The van der Waals surface area contributed by atoms with Crippen LogP contribution in [-0.2, 0) is 15.8 Å². The van der Waals surface area contributed by atoms with Gasteiger partial charge in [0, 0.05) is 35.0 Å². The normalized spacial score (nSPS) is 11.6. The van der Waals surface area contributed by atoms with Crippen LogP contribution in [0.15, 0.2) is 75.1 Å². The number of anilines is 1. The van der Waals surface area contributed by atoms with Crippen LogP contribution in [0.25, 0.3) is 0 Å². The maximum absolute atomic E-state index is 12.9. The third-order valence-corrected chi connectivity index (χ3v) is 8.11. The summed E-state index contributed by atoms with van der Waals surface area (Å²) in [6.07, 6.45) is 1.49. The molecule has 1 aromatic heterocycles. The van der Waals surface area contributed by atoms with Crippen molar-refractivity contribution in [2.75, 3.05) is 18.4 Å². The number of hydrogen-bond acceptors (Lipinski definition) is 5. The largest absolute Gasteiger partial charge is 0.459 e. The Kier molecular flexibility index (Phi) is 7.59. The van der Waals surface area contributed by atoms with Gasteiger partial charge < -0.3 is 9.73 Å². The molecule has 3 aromatic rings. The van der Waals surface area contributed by atoms with Gasteiger partial charge in [-0.3, -0.25) is 4.79 Å². The van der Waals surface area contributed by atoms with Crippen LogP contribution in [0.4, 0.5) is 5.69 Å². The first-order valence-corrected chi connectivity index (χ1v) is 12.5. The Bertz CT molecular complexity index is 1140. The van der Waals surface area contributed by atoms with Crippen LogP contribution >= 0.6 is 11.8 Å². The van der Waals surface area contributed by atoms with Crippen molar-refractivity contribution >= 4 is 33.4 Å². The highest BCUT2D eigenvalue weighted by Crippen LogP contribution is 2.27. The summed E-state index contributed by atoms with van der Waals surface area (Å²) in [5, 5.41) is 2.77.